The molecule has 570 valence electrons. The second kappa shape index (κ2) is 73.7. The molecule has 0 bridgehead atoms. The number of hydrogen-bond acceptors (Lipinski definition) is 14. The fourth-order valence-corrected chi connectivity index (χ4v) is 11.8. The number of hydrogen-bond donors (Lipinski definition) is 4. The average molecular weight is 1430 g/mol. The quantitative estimate of drug-likeness (QED) is 0.0146. The van der Waals surface area contributed by atoms with Crippen molar-refractivity contribution in [1.29, 1.82) is 0 Å². The van der Waals surface area contributed by atoms with Crippen molar-refractivity contribution in [3.05, 3.63) is 122 Å². The summed E-state index contributed by atoms with van der Waals surface area (Å²) in [6.07, 6.45) is 87.0. The Labute approximate surface area is 602 Å². The predicted molar refractivity (Wildman–Crippen MR) is 408 cm³/mol. The van der Waals surface area contributed by atoms with Crippen molar-refractivity contribution in [2.75, 3.05) is 39.6 Å². The van der Waals surface area contributed by atoms with Crippen LogP contribution in [0.4, 0.5) is 0 Å². The third-order valence-corrected chi connectivity index (χ3v) is 18.0. The van der Waals surface area contributed by atoms with Gasteiger partial charge in [-0.2, -0.15) is 0 Å². The molecule has 0 aliphatic rings. The minimum Gasteiger partial charge on any atom is -0.463 e. The van der Waals surface area contributed by atoms with Crippen molar-refractivity contribution in [2.24, 2.45) is 0 Å². The van der Waals surface area contributed by atoms with Crippen LogP contribution in [0, 0.1) is 0 Å². The second-order valence-corrected chi connectivity index (χ2v) is 28.7. The Hall–Kier alpha value is -4.05. The highest BCUT2D eigenvalue weighted by Crippen LogP contribution is 2.45. The third kappa shape index (κ3) is 74.9. The van der Waals surface area contributed by atoms with Crippen LogP contribution in [0.5, 0.6) is 0 Å². The SMILES string of the molecule is CC/C=C\C/C=C\C/C=C\C/C=C\CCCCCCC(=O)OCC(COP(=O)(O)OCC(O)COP(=O)(O)OCC(O)COC(=O)CCCCCCCCCCCCCCCCCCC/C=C\C/C=C\C/C=C\C/C=C\CCCCC)OC(=O)CCCCCCC/C=C\C/C=C\CCC. The normalized spacial score (nSPS) is 14.7. The topological polar surface area (TPSA) is 231 Å². The summed E-state index contributed by atoms with van der Waals surface area (Å²) in [6.45, 7) is 2.43. The monoisotopic (exact) mass is 1430 g/mol. The number of allylic oxidation sites excluding steroid dienone is 20. The molecular weight excluding hydrogens is 1290 g/mol. The lowest BCUT2D eigenvalue weighted by molar-refractivity contribution is -0.161. The molecule has 0 saturated carbocycles. The Morgan fingerprint density at radius 2 is 0.556 bits per heavy atom. The first kappa shape index (κ1) is 94.9. The van der Waals surface area contributed by atoms with Gasteiger partial charge in [0.05, 0.1) is 26.4 Å². The van der Waals surface area contributed by atoms with Gasteiger partial charge in [-0.3, -0.25) is 32.5 Å². The highest BCUT2D eigenvalue weighted by atomic mass is 31.2. The molecule has 0 aliphatic carbocycles. The molecule has 0 aromatic heterocycles. The molecule has 0 saturated heterocycles. The summed E-state index contributed by atoms with van der Waals surface area (Å²) in [5.41, 5.74) is 0. The number of ether oxygens (including phenoxy) is 3. The first-order valence-corrected chi connectivity index (χ1v) is 41.8. The third-order valence-electron chi connectivity index (χ3n) is 16.1. The van der Waals surface area contributed by atoms with Gasteiger partial charge in [0.15, 0.2) is 6.10 Å². The molecule has 18 heteroatoms. The van der Waals surface area contributed by atoms with Crippen molar-refractivity contribution in [3.8, 4) is 0 Å². The maximum Gasteiger partial charge on any atom is 0.472 e. The Kier molecular flexibility index (Phi) is 70.7. The summed E-state index contributed by atoms with van der Waals surface area (Å²) in [4.78, 5) is 58.5. The van der Waals surface area contributed by atoms with Gasteiger partial charge in [-0.05, 0) is 128 Å². The van der Waals surface area contributed by atoms with E-state index in [4.69, 9.17) is 32.3 Å². The lowest BCUT2D eigenvalue weighted by Gasteiger charge is -2.21. The van der Waals surface area contributed by atoms with Crippen molar-refractivity contribution in [3.63, 3.8) is 0 Å². The van der Waals surface area contributed by atoms with E-state index in [2.05, 4.69) is 142 Å². The molecule has 0 aliphatic heterocycles. The molecule has 0 spiro atoms. The first-order valence-electron chi connectivity index (χ1n) is 38.8. The maximum absolute atomic E-state index is 12.9. The van der Waals surface area contributed by atoms with E-state index in [1.807, 2.05) is 0 Å². The molecule has 0 fully saturated rings. The molecule has 0 aromatic carbocycles. The fraction of sp³-hybridized carbons (Fsp3) is 0.716. The minimum atomic E-state index is -4.94. The smallest absolute Gasteiger partial charge is 0.463 e. The van der Waals surface area contributed by atoms with Crippen LogP contribution >= 0.6 is 15.6 Å². The van der Waals surface area contributed by atoms with Crippen LogP contribution in [0.1, 0.15) is 316 Å². The van der Waals surface area contributed by atoms with Crippen LogP contribution in [-0.4, -0.2) is 95.9 Å². The van der Waals surface area contributed by atoms with E-state index < -0.39 is 91.5 Å². The van der Waals surface area contributed by atoms with E-state index in [9.17, 15) is 43.5 Å². The summed E-state index contributed by atoms with van der Waals surface area (Å²) in [6, 6.07) is 0. The van der Waals surface area contributed by atoms with Gasteiger partial charge < -0.3 is 34.2 Å². The number of esters is 3. The Morgan fingerprint density at radius 3 is 0.889 bits per heavy atom. The number of rotatable bonds is 73. The Morgan fingerprint density at radius 1 is 0.293 bits per heavy atom. The van der Waals surface area contributed by atoms with Crippen LogP contribution < -0.4 is 0 Å². The van der Waals surface area contributed by atoms with E-state index in [1.54, 1.807) is 0 Å². The van der Waals surface area contributed by atoms with Gasteiger partial charge in [0.25, 0.3) is 0 Å². The molecule has 5 unspecified atom stereocenters. The molecule has 0 rings (SSSR count). The number of carbonyl (C=O) groups excluding carboxylic acids is 3. The fourth-order valence-electron chi connectivity index (χ4n) is 10.2. The summed E-state index contributed by atoms with van der Waals surface area (Å²) in [7, 11) is -9.79. The van der Waals surface area contributed by atoms with Gasteiger partial charge in [-0.15, -0.1) is 0 Å². The zero-order chi connectivity index (χ0) is 72.3. The van der Waals surface area contributed by atoms with Crippen LogP contribution in [-0.2, 0) is 55.8 Å². The summed E-state index contributed by atoms with van der Waals surface area (Å²) >= 11 is 0. The molecule has 0 amide bonds. The molecule has 0 aromatic rings. The summed E-state index contributed by atoms with van der Waals surface area (Å²) < 4.78 is 61.0. The number of aliphatic hydroxyl groups is 2. The maximum atomic E-state index is 12.9. The van der Waals surface area contributed by atoms with Gasteiger partial charge in [0.1, 0.15) is 25.4 Å². The average Bonchev–Trinajstić information content (AvgIpc) is 1.05. The van der Waals surface area contributed by atoms with Gasteiger partial charge >= 0.3 is 33.6 Å². The largest absolute Gasteiger partial charge is 0.472 e. The highest BCUT2D eigenvalue weighted by molar-refractivity contribution is 7.47. The van der Waals surface area contributed by atoms with Crippen LogP contribution in [0.25, 0.3) is 0 Å². The molecule has 0 heterocycles. The van der Waals surface area contributed by atoms with Crippen LogP contribution in [0.15, 0.2) is 122 Å². The van der Waals surface area contributed by atoms with Crippen LogP contribution in [0.3, 0.4) is 0 Å². The van der Waals surface area contributed by atoms with E-state index in [0.717, 1.165) is 141 Å². The van der Waals surface area contributed by atoms with Crippen molar-refractivity contribution < 1.29 is 75.8 Å². The lowest BCUT2D eigenvalue weighted by Crippen LogP contribution is -2.30. The van der Waals surface area contributed by atoms with Crippen molar-refractivity contribution in [1.82, 2.24) is 0 Å². The van der Waals surface area contributed by atoms with Crippen LogP contribution in [0.2, 0.25) is 0 Å². The zero-order valence-electron chi connectivity index (χ0n) is 62.1. The molecule has 16 nitrogen and oxygen atoms in total. The number of phosphoric acid groups is 2. The Balaban J connectivity index is 4.39. The number of phosphoric ester groups is 2. The van der Waals surface area contributed by atoms with E-state index in [1.165, 1.54) is 116 Å². The van der Waals surface area contributed by atoms with E-state index in [0.29, 0.717) is 19.3 Å². The number of unbranched alkanes of at least 4 members (excludes halogenated alkanes) is 30. The van der Waals surface area contributed by atoms with Crippen molar-refractivity contribution in [2.45, 2.75) is 334 Å². The number of carbonyl (C=O) groups is 3. The molecule has 5 atom stereocenters. The lowest BCUT2D eigenvalue weighted by atomic mass is 10.0. The molecule has 4 N–H and O–H groups in total. The Bertz CT molecular complexity index is 2290. The predicted octanol–water partition coefficient (Wildman–Crippen LogP) is 22.5. The van der Waals surface area contributed by atoms with E-state index in [-0.39, 0.29) is 19.3 Å². The van der Waals surface area contributed by atoms with Gasteiger partial charge in [0, 0.05) is 19.3 Å². The zero-order valence-corrected chi connectivity index (χ0v) is 63.9. The number of aliphatic hydroxyl groups excluding tert-OH is 2. The molecule has 99 heavy (non-hydrogen) atoms. The van der Waals surface area contributed by atoms with E-state index >= 15 is 0 Å². The summed E-state index contributed by atoms with van der Waals surface area (Å²) in [5, 5.41) is 20.6. The van der Waals surface area contributed by atoms with Gasteiger partial charge in [-0.25, -0.2) is 9.13 Å². The minimum absolute atomic E-state index is 0.0807. The molecular formula is C81H140O16P2. The summed E-state index contributed by atoms with van der Waals surface area (Å²) in [5.74, 6) is -1.62. The highest BCUT2D eigenvalue weighted by Gasteiger charge is 2.29. The first-order chi connectivity index (χ1) is 48.2. The van der Waals surface area contributed by atoms with Gasteiger partial charge in [0.2, 0.25) is 0 Å². The standard InChI is InChI=1S/C81H140O16P2/c1-4-7-10-13-16-19-22-25-27-29-30-31-32-33-34-35-36-37-38-39-40-41-42-43-44-46-48-50-52-55-58-61-64-67-79(84)91-70-76(82)71-93-98(87,88)94-72-77(83)73-95-99(89,90)96-75-78(97-81(86)69-66-63-60-57-54-49-24-21-18-15-12-9-6-3)74-92-80(85)68-65-62-59-56-53-51-47-45-28-26-23-20-17-14-11-8-5-2/h8,11-12,15-17,19-21,24-28,30-31,33-34,47,51,76-78,82-83H,4-7,9-10,13-14,18,22-23,29,32,35-46,48-50,52-75H2,1-3H3,(H,87,88)(H,89,90)/b11-8-,15-12-,19-16-,20-17-,24-21-,27-25-,28-26-,31-30-,34-33-,51-47-. The molecule has 0 radical (unpaired) electrons. The van der Waals surface area contributed by atoms with Crippen molar-refractivity contribution >= 4 is 33.6 Å². The second-order valence-electron chi connectivity index (χ2n) is 25.8. The van der Waals surface area contributed by atoms with Gasteiger partial charge in [-0.1, -0.05) is 290 Å².